The van der Waals surface area contributed by atoms with E-state index in [1.165, 1.54) is 0 Å². The van der Waals surface area contributed by atoms with Crippen molar-refractivity contribution in [3.63, 3.8) is 0 Å². The highest BCUT2D eigenvalue weighted by Gasteiger charge is 2.23. The molecule has 0 radical (unpaired) electrons. The van der Waals surface area contributed by atoms with Gasteiger partial charge >= 0.3 is 5.97 Å². The minimum Gasteiger partial charge on any atom is -0.459 e. The lowest BCUT2D eigenvalue weighted by molar-refractivity contribution is -0.00265. The molecule has 18 heavy (non-hydrogen) atoms. The Balaban J connectivity index is 1.89. The van der Waals surface area contributed by atoms with Gasteiger partial charge in [-0.05, 0) is 53.9 Å². The topological polar surface area (TPSA) is 61.5 Å². The van der Waals surface area contributed by atoms with Crippen LogP contribution >= 0.6 is 15.9 Å². The summed E-state index contributed by atoms with van der Waals surface area (Å²) >= 11 is 3.28. The SMILES string of the molecule is CC1CCC(COC(=O)c2ccc(Br)c(N)c2)O1. The van der Waals surface area contributed by atoms with Crippen molar-refractivity contribution in [1.82, 2.24) is 0 Å². The molecule has 5 heteroatoms. The van der Waals surface area contributed by atoms with Gasteiger partial charge in [-0.1, -0.05) is 0 Å². The fraction of sp³-hybridized carbons (Fsp3) is 0.462. The number of carbonyl (C=O) groups excluding carboxylic acids is 1. The minimum absolute atomic E-state index is 0.0248. The molecule has 1 aliphatic rings. The first-order valence-electron chi connectivity index (χ1n) is 5.94. The third-order valence-corrected chi connectivity index (χ3v) is 3.67. The average Bonchev–Trinajstić information content (AvgIpc) is 2.75. The molecule has 2 N–H and O–H groups in total. The van der Waals surface area contributed by atoms with Crippen molar-refractivity contribution in [2.45, 2.75) is 32.0 Å². The molecule has 0 amide bonds. The predicted molar refractivity (Wildman–Crippen MR) is 72.4 cm³/mol. The van der Waals surface area contributed by atoms with Gasteiger partial charge in [-0.2, -0.15) is 0 Å². The van der Waals surface area contributed by atoms with E-state index in [2.05, 4.69) is 15.9 Å². The van der Waals surface area contributed by atoms with Gasteiger partial charge < -0.3 is 15.2 Å². The number of halogens is 1. The van der Waals surface area contributed by atoms with Crippen LogP contribution in [0.3, 0.4) is 0 Å². The molecule has 0 aromatic heterocycles. The summed E-state index contributed by atoms with van der Waals surface area (Å²) in [6, 6.07) is 5.02. The van der Waals surface area contributed by atoms with Crippen molar-refractivity contribution in [2.75, 3.05) is 12.3 Å². The molecule has 2 atom stereocenters. The second-order valence-electron chi connectivity index (χ2n) is 4.48. The maximum absolute atomic E-state index is 11.8. The third-order valence-electron chi connectivity index (χ3n) is 2.95. The van der Waals surface area contributed by atoms with Crippen molar-refractivity contribution in [2.24, 2.45) is 0 Å². The highest BCUT2D eigenvalue weighted by atomic mass is 79.9. The fourth-order valence-electron chi connectivity index (χ4n) is 1.93. The zero-order chi connectivity index (χ0) is 13.1. The summed E-state index contributed by atoms with van der Waals surface area (Å²) in [6.45, 7) is 2.33. The average molecular weight is 314 g/mol. The zero-order valence-corrected chi connectivity index (χ0v) is 11.8. The number of nitrogens with two attached hydrogens (primary N) is 1. The summed E-state index contributed by atoms with van der Waals surface area (Å²) in [7, 11) is 0. The largest absolute Gasteiger partial charge is 0.459 e. The van der Waals surface area contributed by atoms with Crippen LogP contribution in [0.4, 0.5) is 5.69 Å². The Bertz CT molecular complexity index is 450. The smallest absolute Gasteiger partial charge is 0.338 e. The van der Waals surface area contributed by atoms with Crippen molar-refractivity contribution in [1.29, 1.82) is 0 Å². The lowest BCUT2D eigenvalue weighted by atomic mass is 10.2. The lowest BCUT2D eigenvalue weighted by Gasteiger charge is -2.12. The second kappa shape index (κ2) is 5.71. The van der Waals surface area contributed by atoms with Gasteiger partial charge in [0.05, 0.1) is 17.8 Å². The summed E-state index contributed by atoms with van der Waals surface area (Å²) in [6.07, 6.45) is 2.25. The normalized spacial score (nSPS) is 23.0. The standard InChI is InChI=1S/C13H16BrNO3/c1-8-2-4-10(18-8)7-17-13(16)9-3-5-11(14)12(15)6-9/h3,5-6,8,10H,2,4,7,15H2,1H3. The van der Waals surface area contributed by atoms with Gasteiger partial charge in [0.2, 0.25) is 0 Å². The first-order valence-corrected chi connectivity index (χ1v) is 6.73. The van der Waals surface area contributed by atoms with Gasteiger partial charge in [0.15, 0.2) is 0 Å². The summed E-state index contributed by atoms with van der Waals surface area (Å²) < 4.78 is 11.6. The zero-order valence-electron chi connectivity index (χ0n) is 10.2. The molecule has 1 heterocycles. The molecule has 2 rings (SSSR count). The molecular weight excluding hydrogens is 298 g/mol. The third kappa shape index (κ3) is 3.23. The number of hydrogen-bond donors (Lipinski definition) is 1. The Kier molecular flexibility index (Phi) is 4.24. The molecule has 2 unspecified atom stereocenters. The van der Waals surface area contributed by atoms with Crippen LogP contribution < -0.4 is 5.73 Å². The first kappa shape index (κ1) is 13.4. The van der Waals surface area contributed by atoms with E-state index < -0.39 is 0 Å². The number of rotatable bonds is 3. The van der Waals surface area contributed by atoms with Crippen molar-refractivity contribution < 1.29 is 14.3 Å². The molecule has 98 valence electrons. The Morgan fingerprint density at radius 3 is 2.94 bits per heavy atom. The first-order chi connectivity index (χ1) is 8.56. The van der Waals surface area contributed by atoms with E-state index in [9.17, 15) is 4.79 Å². The number of anilines is 1. The van der Waals surface area contributed by atoms with E-state index in [1.807, 2.05) is 6.92 Å². The molecule has 1 saturated heterocycles. The Labute approximate surface area is 115 Å². The van der Waals surface area contributed by atoms with E-state index in [0.29, 0.717) is 17.9 Å². The fourth-order valence-corrected chi connectivity index (χ4v) is 2.18. The van der Waals surface area contributed by atoms with E-state index in [0.717, 1.165) is 17.3 Å². The maximum Gasteiger partial charge on any atom is 0.338 e. The maximum atomic E-state index is 11.8. The molecule has 4 nitrogen and oxygen atoms in total. The van der Waals surface area contributed by atoms with Crippen molar-refractivity contribution >= 4 is 27.6 Å². The van der Waals surface area contributed by atoms with Crippen LogP contribution in [-0.4, -0.2) is 24.8 Å². The number of nitrogen functional groups attached to an aromatic ring is 1. The van der Waals surface area contributed by atoms with Gasteiger partial charge in [-0.15, -0.1) is 0 Å². The second-order valence-corrected chi connectivity index (χ2v) is 5.34. The van der Waals surface area contributed by atoms with Gasteiger partial charge in [0.1, 0.15) is 6.61 Å². The monoisotopic (exact) mass is 313 g/mol. The van der Waals surface area contributed by atoms with Crippen LogP contribution in [0.5, 0.6) is 0 Å². The van der Waals surface area contributed by atoms with Crippen LogP contribution in [-0.2, 0) is 9.47 Å². The van der Waals surface area contributed by atoms with Crippen molar-refractivity contribution in [3.8, 4) is 0 Å². The van der Waals surface area contributed by atoms with Gasteiger partial charge in [0.25, 0.3) is 0 Å². The molecule has 0 saturated carbocycles. The molecule has 1 aromatic rings. The number of hydrogen-bond acceptors (Lipinski definition) is 4. The van der Waals surface area contributed by atoms with Gasteiger partial charge in [-0.25, -0.2) is 4.79 Å². The van der Waals surface area contributed by atoms with E-state index in [1.54, 1.807) is 18.2 Å². The Hall–Kier alpha value is -1.07. The summed E-state index contributed by atoms with van der Waals surface area (Å²) in [5.41, 5.74) is 6.70. The van der Waals surface area contributed by atoms with E-state index in [-0.39, 0.29) is 18.2 Å². The highest BCUT2D eigenvalue weighted by Crippen LogP contribution is 2.22. The Morgan fingerprint density at radius 2 is 2.33 bits per heavy atom. The summed E-state index contributed by atoms with van der Waals surface area (Å²) in [5, 5.41) is 0. The van der Waals surface area contributed by atoms with Gasteiger partial charge in [-0.3, -0.25) is 0 Å². The van der Waals surface area contributed by atoms with E-state index in [4.69, 9.17) is 15.2 Å². The van der Waals surface area contributed by atoms with Crippen LogP contribution in [0.1, 0.15) is 30.1 Å². The number of esters is 1. The molecular formula is C13H16BrNO3. The quantitative estimate of drug-likeness (QED) is 0.688. The van der Waals surface area contributed by atoms with Crippen LogP contribution in [0.15, 0.2) is 22.7 Å². The van der Waals surface area contributed by atoms with E-state index >= 15 is 0 Å². The summed E-state index contributed by atoms with van der Waals surface area (Å²) in [5.74, 6) is -0.364. The molecule has 0 aliphatic carbocycles. The molecule has 1 aromatic carbocycles. The number of benzene rings is 1. The van der Waals surface area contributed by atoms with Crippen LogP contribution in [0.25, 0.3) is 0 Å². The predicted octanol–water partition coefficient (Wildman–Crippen LogP) is 2.76. The van der Waals surface area contributed by atoms with Crippen molar-refractivity contribution in [3.05, 3.63) is 28.2 Å². The number of ether oxygens (including phenoxy) is 2. The highest BCUT2D eigenvalue weighted by molar-refractivity contribution is 9.10. The Morgan fingerprint density at radius 1 is 1.56 bits per heavy atom. The summed E-state index contributed by atoms with van der Waals surface area (Å²) in [4.78, 5) is 11.8. The van der Waals surface area contributed by atoms with Crippen LogP contribution in [0.2, 0.25) is 0 Å². The van der Waals surface area contributed by atoms with Crippen LogP contribution in [0, 0.1) is 0 Å². The van der Waals surface area contributed by atoms with Gasteiger partial charge in [0, 0.05) is 10.2 Å². The molecule has 1 aliphatic heterocycles. The molecule has 1 fully saturated rings. The number of carbonyl (C=O) groups is 1. The minimum atomic E-state index is -0.364. The molecule has 0 bridgehead atoms. The molecule has 0 spiro atoms. The lowest BCUT2D eigenvalue weighted by Crippen LogP contribution is -2.19.